The third-order valence-corrected chi connectivity index (χ3v) is 8.73. The minimum absolute atomic E-state index is 0.0713. The summed E-state index contributed by atoms with van der Waals surface area (Å²) < 4.78 is 0. The lowest BCUT2D eigenvalue weighted by Gasteiger charge is -2.57. The van der Waals surface area contributed by atoms with Crippen LogP contribution in [0, 0.1) is 17.8 Å². The molecule has 29 heavy (non-hydrogen) atoms. The number of hydrogen-bond acceptors (Lipinski definition) is 2. The van der Waals surface area contributed by atoms with Crippen LogP contribution in [0.25, 0.3) is 0 Å². The van der Waals surface area contributed by atoms with Crippen molar-refractivity contribution in [1.82, 2.24) is 0 Å². The van der Waals surface area contributed by atoms with Crippen molar-refractivity contribution in [3.63, 3.8) is 0 Å². The molecule has 1 N–H and O–H groups in total. The van der Waals surface area contributed by atoms with Gasteiger partial charge in [-0.2, -0.15) is 0 Å². The lowest BCUT2D eigenvalue weighted by atomic mass is 9.48. The van der Waals surface area contributed by atoms with E-state index in [2.05, 4.69) is 41.7 Å². The van der Waals surface area contributed by atoms with Crippen molar-refractivity contribution in [2.45, 2.75) is 61.9 Å². The zero-order valence-electron chi connectivity index (χ0n) is 17.3. The van der Waals surface area contributed by atoms with Gasteiger partial charge in [-0.3, -0.25) is 4.79 Å². The van der Waals surface area contributed by atoms with Gasteiger partial charge in [-0.15, -0.1) is 11.8 Å². The molecule has 4 aliphatic rings. The van der Waals surface area contributed by atoms with Crippen LogP contribution < -0.4 is 5.32 Å². The molecule has 0 unspecified atom stereocenters. The summed E-state index contributed by atoms with van der Waals surface area (Å²) in [7, 11) is 0. The maximum atomic E-state index is 12.6. The molecule has 2 aromatic rings. The molecule has 1 amide bonds. The molecule has 2 nitrogen and oxygen atoms in total. The van der Waals surface area contributed by atoms with Crippen LogP contribution in [0.2, 0.25) is 0 Å². The monoisotopic (exact) mass is 405 g/mol. The van der Waals surface area contributed by atoms with Crippen LogP contribution >= 0.6 is 11.8 Å². The largest absolute Gasteiger partial charge is 0.325 e. The first kappa shape index (κ1) is 19.2. The average molecular weight is 406 g/mol. The van der Waals surface area contributed by atoms with Crippen LogP contribution in [-0.2, 0) is 16.0 Å². The topological polar surface area (TPSA) is 29.1 Å². The Kier molecular flexibility index (Phi) is 5.19. The first-order valence-electron chi connectivity index (χ1n) is 11.2. The molecule has 0 spiro atoms. The van der Waals surface area contributed by atoms with Gasteiger partial charge in [-0.25, -0.2) is 0 Å². The molecule has 4 aliphatic carbocycles. The molecule has 4 bridgehead atoms. The summed E-state index contributed by atoms with van der Waals surface area (Å²) in [4.78, 5) is 12.6. The maximum absolute atomic E-state index is 12.6. The molecule has 0 aromatic heterocycles. The Morgan fingerprint density at radius 2 is 1.55 bits per heavy atom. The van der Waals surface area contributed by atoms with E-state index in [4.69, 9.17) is 0 Å². The van der Waals surface area contributed by atoms with Gasteiger partial charge in [0, 0.05) is 11.4 Å². The third kappa shape index (κ3) is 3.99. The Labute approximate surface area is 178 Å². The highest BCUT2D eigenvalue weighted by atomic mass is 32.2. The molecule has 3 heteroatoms. The van der Waals surface area contributed by atoms with Gasteiger partial charge in [0.2, 0.25) is 5.91 Å². The van der Waals surface area contributed by atoms with Crippen LogP contribution in [0.15, 0.2) is 54.6 Å². The predicted molar refractivity (Wildman–Crippen MR) is 122 cm³/mol. The van der Waals surface area contributed by atoms with Crippen LogP contribution in [0.3, 0.4) is 0 Å². The van der Waals surface area contributed by atoms with E-state index >= 15 is 0 Å². The summed E-state index contributed by atoms with van der Waals surface area (Å²) in [6, 6.07) is 19.2. The van der Waals surface area contributed by atoms with Crippen molar-refractivity contribution in [3.05, 3.63) is 65.7 Å². The van der Waals surface area contributed by atoms with Crippen LogP contribution in [-0.4, -0.2) is 11.2 Å². The lowest BCUT2D eigenvalue weighted by molar-refractivity contribution is -0.115. The van der Waals surface area contributed by atoms with Crippen molar-refractivity contribution < 1.29 is 4.79 Å². The lowest BCUT2D eigenvalue weighted by Crippen LogP contribution is -2.48. The summed E-state index contributed by atoms with van der Waals surface area (Å²) in [5.74, 6) is 3.84. The minimum atomic E-state index is -0.0713. The van der Waals surface area contributed by atoms with E-state index in [-0.39, 0.29) is 11.2 Å². The summed E-state index contributed by atoms with van der Waals surface area (Å²) >= 11 is 1.69. The summed E-state index contributed by atoms with van der Waals surface area (Å²) in [6.45, 7) is 1.99. The molecule has 2 aromatic carbocycles. The number of rotatable bonds is 6. The van der Waals surface area contributed by atoms with E-state index in [0.29, 0.717) is 5.41 Å². The number of carbonyl (C=O) groups is 1. The minimum Gasteiger partial charge on any atom is -0.325 e. The van der Waals surface area contributed by atoms with E-state index in [1.165, 1.54) is 49.7 Å². The zero-order valence-corrected chi connectivity index (χ0v) is 18.1. The molecule has 1 atom stereocenters. The number of anilines is 1. The third-order valence-electron chi connectivity index (χ3n) is 7.52. The van der Waals surface area contributed by atoms with Crippen molar-refractivity contribution >= 4 is 23.4 Å². The fraction of sp³-hybridized carbons (Fsp3) is 0.500. The van der Waals surface area contributed by atoms with Crippen LogP contribution in [0.5, 0.6) is 0 Å². The number of thioether (sulfide) groups is 1. The number of hydrogen-bond donors (Lipinski definition) is 1. The van der Waals surface area contributed by atoms with E-state index in [0.717, 1.165) is 29.2 Å². The SMILES string of the molecule is C[C@H](SCc1ccccc1)C(=O)Nc1ccc(C23CC4CC(CC(C4)C2)C3)cc1. The summed E-state index contributed by atoms with van der Waals surface area (Å²) in [6.07, 6.45) is 8.59. The normalized spacial score (nSPS) is 30.9. The Bertz CT molecular complexity index is 825. The van der Waals surface area contributed by atoms with E-state index < -0.39 is 0 Å². The van der Waals surface area contributed by atoms with Crippen molar-refractivity contribution in [3.8, 4) is 0 Å². The molecular weight excluding hydrogens is 374 g/mol. The molecule has 0 saturated heterocycles. The van der Waals surface area contributed by atoms with Gasteiger partial charge in [-0.05, 0) is 91.9 Å². The van der Waals surface area contributed by atoms with E-state index in [9.17, 15) is 4.79 Å². The smallest absolute Gasteiger partial charge is 0.237 e. The van der Waals surface area contributed by atoms with Gasteiger partial charge in [0.05, 0.1) is 5.25 Å². The molecule has 4 saturated carbocycles. The van der Waals surface area contributed by atoms with Crippen molar-refractivity contribution in [2.75, 3.05) is 5.32 Å². The van der Waals surface area contributed by atoms with Gasteiger partial charge in [0.25, 0.3) is 0 Å². The quantitative estimate of drug-likeness (QED) is 0.601. The van der Waals surface area contributed by atoms with E-state index in [1.54, 1.807) is 11.8 Å². The van der Waals surface area contributed by atoms with Crippen LogP contribution in [0.4, 0.5) is 5.69 Å². The molecular formula is C26H31NOS. The molecule has 0 heterocycles. The molecule has 0 aliphatic heterocycles. The molecule has 6 rings (SSSR count). The number of carbonyl (C=O) groups excluding carboxylic acids is 1. The highest BCUT2D eigenvalue weighted by Gasteiger charge is 2.51. The first-order valence-corrected chi connectivity index (χ1v) is 12.2. The second-order valence-corrected chi connectivity index (χ2v) is 11.0. The highest BCUT2D eigenvalue weighted by Crippen LogP contribution is 2.60. The first-order chi connectivity index (χ1) is 14.1. The molecule has 4 fully saturated rings. The van der Waals surface area contributed by atoms with Gasteiger partial charge < -0.3 is 5.32 Å². The van der Waals surface area contributed by atoms with Gasteiger partial charge in [0.1, 0.15) is 0 Å². The fourth-order valence-corrected chi connectivity index (χ4v) is 7.33. The van der Waals surface area contributed by atoms with E-state index in [1.807, 2.05) is 25.1 Å². The Hall–Kier alpha value is -1.74. The Morgan fingerprint density at radius 3 is 2.14 bits per heavy atom. The van der Waals surface area contributed by atoms with Crippen LogP contribution in [0.1, 0.15) is 56.6 Å². The molecule has 0 radical (unpaired) electrons. The fourth-order valence-electron chi connectivity index (χ4n) is 6.49. The van der Waals surface area contributed by atoms with Gasteiger partial charge in [0.15, 0.2) is 0 Å². The van der Waals surface area contributed by atoms with Gasteiger partial charge in [-0.1, -0.05) is 42.5 Å². The summed E-state index contributed by atoms with van der Waals surface area (Å²) in [5.41, 5.74) is 4.13. The zero-order chi connectivity index (χ0) is 19.8. The number of amides is 1. The van der Waals surface area contributed by atoms with Crippen molar-refractivity contribution in [2.24, 2.45) is 17.8 Å². The second-order valence-electron chi connectivity index (χ2n) is 9.70. The highest BCUT2D eigenvalue weighted by molar-refractivity contribution is 7.99. The Morgan fingerprint density at radius 1 is 0.966 bits per heavy atom. The van der Waals surface area contributed by atoms with Gasteiger partial charge >= 0.3 is 0 Å². The standard InChI is InChI=1S/C26H31NOS/c1-18(29-17-19-5-3-2-4-6-19)25(28)27-24-9-7-23(8-10-24)26-14-20-11-21(15-26)13-22(12-20)16-26/h2-10,18,20-22H,11-17H2,1H3,(H,27,28)/t18-,20?,21?,22?,26?/m0/s1. The maximum Gasteiger partial charge on any atom is 0.237 e. The summed E-state index contributed by atoms with van der Waals surface area (Å²) in [5, 5.41) is 3.05. The predicted octanol–water partition coefficient (Wildman–Crippen LogP) is 6.41. The average Bonchev–Trinajstić information content (AvgIpc) is 2.72. The van der Waals surface area contributed by atoms with Crippen molar-refractivity contribution in [1.29, 1.82) is 0 Å². The number of nitrogens with one attached hydrogen (secondary N) is 1. The number of benzene rings is 2. The second kappa shape index (κ2) is 7.83. The Balaban J connectivity index is 1.20. The molecule has 152 valence electrons.